The van der Waals surface area contributed by atoms with Crippen molar-refractivity contribution in [3.05, 3.63) is 59.8 Å². The summed E-state index contributed by atoms with van der Waals surface area (Å²) in [7, 11) is 0. The second-order valence-electron chi connectivity index (χ2n) is 6.40. The van der Waals surface area contributed by atoms with Gasteiger partial charge in [0.05, 0.1) is 23.7 Å². The van der Waals surface area contributed by atoms with Crippen LogP contribution in [0.4, 0.5) is 14.5 Å². The highest BCUT2D eigenvalue weighted by Crippen LogP contribution is 2.25. The number of carbonyl (C=O) groups excluding carboxylic acids is 2. The van der Waals surface area contributed by atoms with Gasteiger partial charge in [-0.1, -0.05) is 11.8 Å². The molecule has 3 N–H and O–H groups in total. The van der Waals surface area contributed by atoms with Gasteiger partial charge in [0.15, 0.2) is 5.16 Å². The van der Waals surface area contributed by atoms with Crippen molar-refractivity contribution in [1.82, 2.24) is 14.8 Å². The van der Waals surface area contributed by atoms with Gasteiger partial charge >= 0.3 is 0 Å². The SMILES string of the molecule is CC(Sc1nnc(CCC(N)=O)n1Cc1ccco1)C(=O)Nc1ccc(F)cc1F. The summed E-state index contributed by atoms with van der Waals surface area (Å²) in [4.78, 5) is 23.6. The maximum absolute atomic E-state index is 13.8. The molecule has 0 radical (unpaired) electrons. The van der Waals surface area contributed by atoms with Crippen molar-refractivity contribution in [2.45, 2.75) is 36.7 Å². The fourth-order valence-electron chi connectivity index (χ4n) is 2.58. The zero-order valence-electron chi connectivity index (χ0n) is 16.0. The Bertz CT molecular complexity index is 1040. The van der Waals surface area contributed by atoms with Crippen molar-refractivity contribution in [1.29, 1.82) is 0 Å². The van der Waals surface area contributed by atoms with Gasteiger partial charge in [-0.25, -0.2) is 8.78 Å². The molecule has 0 bridgehead atoms. The van der Waals surface area contributed by atoms with Gasteiger partial charge in [-0.3, -0.25) is 14.2 Å². The smallest absolute Gasteiger partial charge is 0.237 e. The molecule has 3 aromatic rings. The lowest BCUT2D eigenvalue weighted by Crippen LogP contribution is -2.23. The van der Waals surface area contributed by atoms with E-state index in [2.05, 4.69) is 15.5 Å². The van der Waals surface area contributed by atoms with E-state index < -0.39 is 28.7 Å². The van der Waals surface area contributed by atoms with Gasteiger partial charge in [0, 0.05) is 18.9 Å². The second kappa shape index (κ2) is 9.53. The van der Waals surface area contributed by atoms with Gasteiger partial charge in [0.1, 0.15) is 23.2 Å². The highest BCUT2D eigenvalue weighted by Gasteiger charge is 2.22. The van der Waals surface area contributed by atoms with Crippen LogP contribution in [-0.4, -0.2) is 31.8 Å². The summed E-state index contributed by atoms with van der Waals surface area (Å²) in [6.45, 7) is 1.92. The van der Waals surface area contributed by atoms with Crippen LogP contribution in [0, 0.1) is 11.6 Å². The molecule has 2 amide bonds. The minimum absolute atomic E-state index is 0.0981. The summed E-state index contributed by atoms with van der Waals surface area (Å²) in [5, 5.41) is 10.4. The minimum atomic E-state index is -0.865. The molecular weight excluding hydrogens is 416 g/mol. The molecule has 0 aliphatic heterocycles. The fourth-order valence-corrected chi connectivity index (χ4v) is 3.45. The number of aromatic nitrogens is 3. The molecule has 0 fully saturated rings. The number of nitrogens with zero attached hydrogens (tertiary/aromatic N) is 3. The Morgan fingerprint density at radius 3 is 2.77 bits per heavy atom. The van der Waals surface area contributed by atoms with E-state index in [-0.39, 0.29) is 18.5 Å². The normalized spacial score (nSPS) is 12.0. The number of carbonyl (C=O) groups is 2. The van der Waals surface area contributed by atoms with Crippen LogP contribution in [0.15, 0.2) is 46.2 Å². The third-order valence-electron chi connectivity index (χ3n) is 4.12. The van der Waals surface area contributed by atoms with E-state index in [0.29, 0.717) is 29.4 Å². The number of nitrogens with one attached hydrogen (secondary N) is 1. The third-order valence-corrected chi connectivity index (χ3v) is 5.20. The molecule has 158 valence electrons. The lowest BCUT2D eigenvalue weighted by Gasteiger charge is -2.13. The number of amides is 2. The van der Waals surface area contributed by atoms with Crippen molar-refractivity contribution >= 4 is 29.3 Å². The number of thioether (sulfide) groups is 1. The van der Waals surface area contributed by atoms with Crippen LogP contribution in [0.25, 0.3) is 0 Å². The van der Waals surface area contributed by atoms with Crippen LogP contribution in [0.5, 0.6) is 0 Å². The number of aryl methyl sites for hydroxylation is 1. The summed E-state index contributed by atoms with van der Waals surface area (Å²) >= 11 is 1.11. The topological polar surface area (TPSA) is 116 Å². The van der Waals surface area contributed by atoms with Crippen molar-refractivity contribution in [2.24, 2.45) is 5.73 Å². The van der Waals surface area contributed by atoms with E-state index in [1.54, 1.807) is 23.6 Å². The predicted molar refractivity (Wildman–Crippen MR) is 106 cm³/mol. The predicted octanol–water partition coefficient (Wildman–Crippen LogP) is 2.73. The summed E-state index contributed by atoms with van der Waals surface area (Å²) in [6, 6.07) is 6.42. The Labute approximate surface area is 174 Å². The van der Waals surface area contributed by atoms with Crippen LogP contribution in [0.1, 0.15) is 24.9 Å². The highest BCUT2D eigenvalue weighted by atomic mass is 32.2. The fraction of sp³-hybridized carbons (Fsp3) is 0.263. The van der Waals surface area contributed by atoms with Crippen LogP contribution >= 0.6 is 11.8 Å². The number of anilines is 1. The van der Waals surface area contributed by atoms with Gasteiger partial charge in [-0.05, 0) is 31.2 Å². The standard InChI is InChI=1S/C19H19F2N5O3S/c1-11(18(28)23-15-5-4-12(20)9-14(15)21)30-19-25-24-17(7-6-16(22)27)26(19)10-13-3-2-8-29-13/h2-5,8-9,11H,6-7,10H2,1H3,(H2,22,27)(H,23,28). The highest BCUT2D eigenvalue weighted by molar-refractivity contribution is 8.00. The maximum Gasteiger partial charge on any atom is 0.237 e. The van der Waals surface area contributed by atoms with Crippen molar-refractivity contribution in [3.8, 4) is 0 Å². The van der Waals surface area contributed by atoms with Gasteiger partial charge in [0.25, 0.3) is 0 Å². The van der Waals surface area contributed by atoms with Crippen LogP contribution in [0.3, 0.4) is 0 Å². The van der Waals surface area contributed by atoms with Gasteiger partial charge in [0.2, 0.25) is 11.8 Å². The van der Waals surface area contributed by atoms with Gasteiger partial charge in [-0.2, -0.15) is 0 Å². The summed E-state index contributed by atoms with van der Waals surface area (Å²) in [6.07, 6.45) is 1.91. The monoisotopic (exact) mass is 435 g/mol. The second-order valence-corrected chi connectivity index (χ2v) is 7.71. The summed E-state index contributed by atoms with van der Waals surface area (Å²) in [5.74, 6) is -1.40. The van der Waals surface area contributed by atoms with E-state index in [1.807, 2.05) is 0 Å². The number of furan rings is 1. The summed E-state index contributed by atoms with van der Waals surface area (Å²) < 4.78 is 33.9. The van der Waals surface area contributed by atoms with Crippen LogP contribution in [-0.2, 0) is 22.6 Å². The lowest BCUT2D eigenvalue weighted by atomic mass is 10.3. The number of hydrogen-bond acceptors (Lipinski definition) is 6. The zero-order valence-corrected chi connectivity index (χ0v) is 16.8. The zero-order chi connectivity index (χ0) is 21.7. The van der Waals surface area contributed by atoms with Crippen molar-refractivity contribution in [2.75, 3.05) is 5.32 Å². The Hall–Kier alpha value is -3.21. The van der Waals surface area contributed by atoms with Crippen molar-refractivity contribution < 1.29 is 22.8 Å². The molecule has 1 aromatic carbocycles. The molecule has 0 aliphatic rings. The van der Waals surface area contributed by atoms with Gasteiger partial charge in [-0.15, -0.1) is 10.2 Å². The van der Waals surface area contributed by atoms with E-state index in [1.165, 1.54) is 6.26 Å². The minimum Gasteiger partial charge on any atom is -0.467 e. The number of halogens is 2. The number of rotatable bonds is 9. The number of primary amides is 1. The Balaban J connectivity index is 1.75. The average Bonchev–Trinajstić information content (AvgIpc) is 3.33. The van der Waals surface area contributed by atoms with Crippen LogP contribution < -0.4 is 11.1 Å². The Morgan fingerprint density at radius 2 is 2.10 bits per heavy atom. The van der Waals surface area contributed by atoms with E-state index >= 15 is 0 Å². The summed E-state index contributed by atoms with van der Waals surface area (Å²) in [5.41, 5.74) is 5.10. The third kappa shape index (κ3) is 5.44. The number of benzene rings is 1. The molecule has 11 heteroatoms. The Morgan fingerprint density at radius 1 is 1.30 bits per heavy atom. The molecule has 2 aromatic heterocycles. The average molecular weight is 435 g/mol. The quantitative estimate of drug-likeness (QED) is 0.499. The molecule has 1 atom stereocenters. The van der Waals surface area contributed by atoms with E-state index in [4.69, 9.17) is 10.2 Å². The Kier molecular flexibility index (Phi) is 6.83. The first-order valence-electron chi connectivity index (χ1n) is 8.99. The molecular formula is C19H19F2N5O3S. The molecule has 3 rings (SSSR count). The molecule has 8 nitrogen and oxygen atoms in total. The number of nitrogens with two attached hydrogens (primary N) is 1. The van der Waals surface area contributed by atoms with E-state index in [9.17, 15) is 18.4 Å². The first kappa shape index (κ1) is 21.5. The lowest BCUT2D eigenvalue weighted by molar-refractivity contribution is -0.118. The molecule has 0 saturated carbocycles. The van der Waals surface area contributed by atoms with Gasteiger partial charge < -0.3 is 15.5 Å². The molecule has 30 heavy (non-hydrogen) atoms. The molecule has 1 unspecified atom stereocenters. The molecule has 0 saturated heterocycles. The molecule has 0 aliphatic carbocycles. The number of hydrogen-bond donors (Lipinski definition) is 2. The molecule has 2 heterocycles. The largest absolute Gasteiger partial charge is 0.467 e. The molecule has 0 spiro atoms. The van der Waals surface area contributed by atoms with Crippen molar-refractivity contribution in [3.63, 3.8) is 0 Å². The maximum atomic E-state index is 13.8. The van der Waals surface area contributed by atoms with Crippen LogP contribution in [0.2, 0.25) is 0 Å². The first-order valence-corrected chi connectivity index (χ1v) is 9.86. The first-order chi connectivity index (χ1) is 14.3. The van der Waals surface area contributed by atoms with E-state index in [0.717, 1.165) is 23.9 Å².